The predicted octanol–water partition coefficient (Wildman–Crippen LogP) is 8.01. The Kier molecular flexibility index (Phi) is 19.5. The van der Waals surface area contributed by atoms with Crippen LogP contribution in [0.5, 0.6) is 0 Å². The zero-order valence-electron chi connectivity index (χ0n) is 52.6. The minimum absolute atomic E-state index is 0.0678. The van der Waals surface area contributed by atoms with Gasteiger partial charge in [-0.25, -0.2) is 19.9 Å². The lowest BCUT2D eigenvalue weighted by Gasteiger charge is -2.43. The summed E-state index contributed by atoms with van der Waals surface area (Å²) in [4.78, 5) is 72.0. The van der Waals surface area contributed by atoms with Crippen LogP contribution in [0.15, 0.2) is 85.5 Å². The van der Waals surface area contributed by atoms with E-state index in [1.54, 1.807) is 24.8 Å². The van der Waals surface area contributed by atoms with Crippen LogP contribution in [0.4, 0.5) is 46.0 Å². The third-order valence-electron chi connectivity index (χ3n) is 19.6. The summed E-state index contributed by atoms with van der Waals surface area (Å²) in [7, 11) is 0. The second-order valence-electron chi connectivity index (χ2n) is 25.3. The van der Waals surface area contributed by atoms with Crippen molar-refractivity contribution in [2.24, 2.45) is 5.73 Å². The van der Waals surface area contributed by atoms with Crippen LogP contribution in [0.3, 0.4) is 0 Å². The van der Waals surface area contributed by atoms with E-state index in [-0.39, 0.29) is 29.4 Å². The smallest absolute Gasteiger partial charge is 0.274 e. The molecule has 2 amide bonds. The molecule has 0 unspecified atom stereocenters. The molecule has 0 spiro atoms. The monoisotopic (exact) mass is 1220 g/mol. The Bertz CT molecular complexity index is 3390. The number of piperazine rings is 2. The standard InChI is InChI=1S/C68H90N18O4/c1-3-46-43-52(75-66-61(63(69)87)77-59(48-11-23-70-24-12-48)64(79-66)73-50-19-39-89-40-20-50)5-9-57(46)85-27-15-55(16-28-85)82-33-31-81(32-34-82)45-72-68(88)62-67(80-65(74-51-21-41-90-42-22-51)60(78-62)49-13-25-71-26-14-49)76-53-6-10-58(47(4-2)44-53)86-29-17-56(18-30-86)84-37-35-83(36-38-84)54-7-8-54/h5-6,9-14,23-26,43-44,50-51,54-56H,3-4,7-8,15-22,27-42,45H2,1-2H3,(H2,69,87)(H,72,88)(H2,73,75,79)(H2,74,76,80). The number of piperidine rings is 2. The van der Waals surface area contributed by atoms with Gasteiger partial charge in [0.25, 0.3) is 11.8 Å². The number of primary amides is 1. The molecule has 2 aromatic carbocycles. The van der Waals surface area contributed by atoms with Crippen molar-refractivity contribution in [2.45, 2.75) is 121 Å². The maximum Gasteiger partial charge on any atom is 0.274 e. The summed E-state index contributed by atoms with van der Waals surface area (Å²) in [6.07, 6.45) is 19.2. The number of amides is 2. The van der Waals surface area contributed by atoms with Crippen molar-refractivity contribution < 1.29 is 19.1 Å². The van der Waals surface area contributed by atoms with E-state index < -0.39 is 5.91 Å². The molecule has 1 aliphatic carbocycles. The Hall–Kier alpha value is -7.60. The maximum atomic E-state index is 14.7. The molecule has 1 saturated carbocycles. The number of hydrogen-bond acceptors (Lipinski definition) is 20. The Morgan fingerprint density at radius 1 is 0.489 bits per heavy atom. The van der Waals surface area contributed by atoms with E-state index in [0.717, 1.165) is 132 Å². The number of rotatable bonds is 21. The maximum absolute atomic E-state index is 14.7. The molecular formula is C68H90N18O4. The number of nitrogens with one attached hydrogen (secondary N) is 5. The Labute approximate surface area is 529 Å². The summed E-state index contributed by atoms with van der Waals surface area (Å²) in [5.41, 5.74) is 15.7. The van der Waals surface area contributed by atoms with Crippen LogP contribution in [-0.4, -0.2) is 203 Å². The summed E-state index contributed by atoms with van der Waals surface area (Å²) >= 11 is 0. The molecule has 6 saturated heterocycles. The molecule has 10 heterocycles. The van der Waals surface area contributed by atoms with Crippen molar-refractivity contribution in [1.82, 2.24) is 54.8 Å². The van der Waals surface area contributed by atoms with Gasteiger partial charge in [-0.05, 0) is 149 Å². The van der Waals surface area contributed by atoms with Gasteiger partial charge in [0, 0.05) is 194 Å². The number of ether oxygens (including phenoxy) is 2. The quantitative estimate of drug-likeness (QED) is 0.0400. The van der Waals surface area contributed by atoms with E-state index in [9.17, 15) is 9.59 Å². The van der Waals surface area contributed by atoms with Crippen LogP contribution in [-0.2, 0) is 22.3 Å². The first kappa shape index (κ1) is 61.3. The molecule has 22 heteroatoms. The summed E-state index contributed by atoms with van der Waals surface area (Å²) in [5.74, 6) is 0.976. The van der Waals surface area contributed by atoms with Crippen LogP contribution in [0, 0.1) is 0 Å². The van der Waals surface area contributed by atoms with Crippen LogP contribution in [0.25, 0.3) is 22.5 Å². The summed E-state index contributed by atoms with van der Waals surface area (Å²) in [6, 6.07) is 22.9. The molecule has 13 rings (SSSR count). The molecule has 0 radical (unpaired) electrons. The highest BCUT2D eigenvalue weighted by Crippen LogP contribution is 2.37. The second kappa shape index (κ2) is 28.7. The molecule has 4 aromatic heterocycles. The average molecular weight is 1220 g/mol. The van der Waals surface area contributed by atoms with Crippen molar-refractivity contribution >= 4 is 57.8 Å². The van der Waals surface area contributed by atoms with Gasteiger partial charge < -0.3 is 51.6 Å². The van der Waals surface area contributed by atoms with Gasteiger partial charge in [-0.2, -0.15) is 0 Å². The highest BCUT2D eigenvalue weighted by molar-refractivity contribution is 5.99. The molecule has 7 N–H and O–H groups in total. The zero-order valence-corrected chi connectivity index (χ0v) is 52.6. The number of aryl methyl sites for hydroxylation is 2. The van der Waals surface area contributed by atoms with E-state index in [1.807, 2.05) is 24.3 Å². The highest BCUT2D eigenvalue weighted by Gasteiger charge is 2.35. The molecule has 6 aromatic rings. The number of nitrogens with two attached hydrogens (primary N) is 1. The number of hydrogen-bond donors (Lipinski definition) is 6. The molecule has 0 bridgehead atoms. The van der Waals surface area contributed by atoms with Crippen LogP contribution < -0.4 is 42.1 Å². The summed E-state index contributed by atoms with van der Waals surface area (Å²) < 4.78 is 11.4. The third kappa shape index (κ3) is 14.6. The first-order valence-electron chi connectivity index (χ1n) is 33.4. The predicted molar refractivity (Wildman–Crippen MR) is 354 cm³/mol. The van der Waals surface area contributed by atoms with E-state index in [4.69, 9.17) is 35.1 Å². The second-order valence-corrected chi connectivity index (χ2v) is 25.3. The van der Waals surface area contributed by atoms with Gasteiger partial charge in [0.05, 0.1) is 6.67 Å². The van der Waals surface area contributed by atoms with Crippen LogP contribution >= 0.6 is 0 Å². The molecule has 90 heavy (non-hydrogen) atoms. The first-order valence-corrected chi connectivity index (χ1v) is 33.4. The largest absolute Gasteiger partial charge is 0.381 e. The average Bonchev–Trinajstić information content (AvgIpc) is 1.57. The van der Waals surface area contributed by atoms with Crippen molar-refractivity contribution in [2.75, 3.05) is 143 Å². The third-order valence-corrected chi connectivity index (χ3v) is 19.6. The van der Waals surface area contributed by atoms with E-state index in [1.165, 1.54) is 74.4 Å². The zero-order chi connectivity index (χ0) is 61.3. The van der Waals surface area contributed by atoms with Gasteiger partial charge in [0.2, 0.25) is 0 Å². The van der Waals surface area contributed by atoms with Crippen LogP contribution in [0.2, 0.25) is 0 Å². The van der Waals surface area contributed by atoms with E-state index >= 15 is 0 Å². The number of pyridine rings is 2. The normalized spacial score (nSPS) is 20.0. The van der Waals surface area contributed by atoms with E-state index in [0.29, 0.717) is 79.8 Å². The van der Waals surface area contributed by atoms with Gasteiger partial charge in [-0.1, -0.05) is 13.8 Å². The van der Waals surface area contributed by atoms with Crippen molar-refractivity contribution in [3.05, 3.63) is 108 Å². The van der Waals surface area contributed by atoms with Crippen molar-refractivity contribution in [3.63, 3.8) is 0 Å². The molecule has 22 nitrogen and oxygen atoms in total. The number of benzene rings is 2. The molecule has 7 fully saturated rings. The number of anilines is 8. The van der Waals surface area contributed by atoms with Gasteiger partial charge in [-0.15, -0.1) is 0 Å². The van der Waals surface area contributed by atoms with E-state index in [2.05, 4.69) is 116 Å². The Balaban J connectivity index is 0.645. The topological polar surface area (TPSA) is 236 Å². The fourth-order valence-electron chi connectivity index (χ4n) is 14.3. The number of carbonyl (C=O) groups is 2. The highest BCUT2D eigenvalue weighted by atomic mass is 16.5. The number of nitrogens with zero attached hydrogens (tertiary/aromatic N) is 12. The minimum Gasteiger partial charge on any atom is -0.381 e. The number of carbonyl (C=O) groups excluding carboxylic acids is 2. The lowest BCUT2D eigenvalue weighted by atomic mass is 9.99. The molecule has 0 atom stereocenters. The van der Waals surface area contributed by atoms with Crippen molar-refractivity contribution in [3.8, 4) is 22.5 Å². The van der Waals surface area contributed by atoms with Crippen molar-refractivity contribution in [1.29, 1.82) is 0 Å². The first-order chi connectivity index (χ1) is 44.2. The summed E-state index contributed by atoms with van der Waals surface area (Å²) in [5, 5.41) is 17.6. The van der Waals surface area contributed by atoms with Crippen LogP contribution in [0.1, 0.15) is 110 Å². The minimum atomic E-state index is -0.664. The molecular weight excluding hydrogens is 1130 g/mol. The SMILES string of the molecule is CCc1cc(Nc2nc(NC3CCOCC3)c(-c3ccncc3)nc2C(N)=O)ccc1N1CCC(N2CCN(CNC(=O)c3nc(-c4ccncc4)c(NC4CCOCC4)nc3Nc3ccc(N4CCC(N5CCN(C6CC6)CC5)CC4)c(CC)c3)CC2)CC1. The molecule has 7 aliphatic rings. The number of aromatic nitrogens is 6. The Morgan fingerprint density at radius 2 is 0.900 bits per heavy atom. The van der Waals surface area contributed by atoms with Gasteiger partial charge in [-0.3, -0.25) is 39.2 Å². The fourth-order valence-corrected chi connectivity index (χ4v) is 14.3. The lowest BCUT2D eigenvalue weighted by Crippen LogP contribution is -2.55. The lowest BCUT2D eigenvalue weighted by molar-refractivity contribution is 0.0729. The summed E-state index contributed by atoms with van der Waals surface area (Å²) in [6.45, 7) is 19.8. The molecule has 6 aliphatic heterocycles. The fraction of sp³-hybridized carbons (Fsp3) is 0.529. The molecule has 476 valence electrons. The van der Waals surface area contributed by atoms with Gasteiger partial charge >= 0.3 is 0 Å². The van der Waals surface area contributed by atoms with Gasteiger partial charge in [0.15, 0.2) is 34.7 Å². The van der Waals surface area contributed by atoms with Gasteiger partial charge in [0.1, 0.15) is 11.4 Å². The Morgan fingerprint density at radius 3 is 1.32 bits per heavy atom.